The Labute approximate surface area is 114 Å². The Hall–Kier alpha value is -1.76. The van der Waals surface area contributed by atoms with Gasteiger partial charge in [0, 0.05) is 31.0 Å². The molecule has 7 heteroatoms. The molecule has 6 nitrogen and oxygen atoms in total. The molecule has 1 fully saturated rings. The molecule has 102 valence electrons. The van der Waals surface area contributed by atoms with E-state index in [1.807, 2.05) is 4.90 Å². The molecule has 1 aromatic carbocycles. The molecule has 19 heavy (non-hydrogen) atoms. The molecular weight excluding hydrogens is 268 g/mol. The van der Waals surface area contributed by atoms with Crippen molar-refractivity contribution in [3.8, 4) is 0 Å². The fourth-order valence-electron chi connectivity index (χ4n) is 2.13. The molecule has 1 aliphatic rings. The Morgan fingerprint density at radius 3 is 2.84 bits per heavy atom. The minimum atomic E-state index is -1.07. The zero-order valence-electron chi connectivity index (χ0n) is 10.4. The van der Waals surface area contributed by atoms with Gasteiger partial charge >= 0.3 is 5.97 Å². The van der Waals surface area contributed by atoms with Crippen molar-refractivity contribution in [3.05, 3.63) is 33.9 Å². The Balaban J connectivity index is 2.41. The molecule has 1 aliphatic heterocycles. The second-order valence-electron chi connectivity index (χ2n) is 4.39. The summed E-state index contributed by atoms with van der Waals surface area (Å²) in [4.78, 5) is 23.4. The number of hydrogen-bond acceptors (Lipinski definition) is 5. The van der Waals surface area contributed by atoms with E-state index in [9.17, 15) is 20.0 Å². The minimum Gasteiger partial charge on any atom is -0.478 e. The second-order valence-corrected chi connectivity index (χ2v) is 5.54. The van der Waals surface area contributed by atoms with E-state index in [1.165, 1.54) is 18.2 Å². The van der Waals surface area contributed by atoms with Crippen molar-refractivity contribution in [1.29, 1.82) is 0 Å². The Kier molecular flexibility index (Phi) is 3.94. The second kappa shape index (κ2) is 5.48. The summed E-state index contributed by atoms with van der Waals surface area (Å²) in [6.45, 7) is 0. The van der Waals surface area contributed by atoms with Crippen LogP contribution >= 0.6 is 11.8 Å². The van der Waals surface area contributed by atoms with Gasteiger partial charge < -0.3 is 10.0 Å². The van der Waals surface area contributed by atoms with Crippen LogP contribution < -0.4 is 4.90 Å². The molecule has 0 aliphatic carbocycles. The highest BCUT2D eigenvalue weighted by molar-refractivity contribution is 7.99. The lowest BCUT2D eigenvalue weighted by Crippen LogP contribution is -2.32. The lowest BCUT2D eigenvalue weighted by atomic mass is 10.1. The van der Waals surface area contributed by atoms with Gasteiger partial charge in [-0.15, -0.1) is 0 Å². The van der Waals surface area contributed by atoms with Crippen LogP contribution in [-0.4, -0.2) is 40.6 Å². The smallest absolute Gasteiger partial charge is 0.337 e. The van der Waals surface area contributed by atoms with Crippen LogP contribution in [-0.2, 0) is 0 Å². The number of carbonyl (C=O) groups is 1. The van der Waals surface area contributed by atoms with Crippen LogP contribution in [0.5, 0.6) is 0 Å². The Morgan fingerprint density at radius 1 is 1.58 bits per heavy atom. The summed E-state index contributed by atoms with van der Waals surface area (Å²) < 4.78 is 0. The van der Waals surface area contributed by atoms with Gasteiger partial charge in [0.15, 0.2) is 0 Å². The number of benzene rings is 1. The lowest BCUT2D eigenvalue weighted by molar-refractivity contribution is -0.384. The quantitative estimate of drug-likeness (QED) is 0.673. The number of thioether (sulfide) groups is 1. The summed E-state index contributed by atoms with van der Waals surface area (Å²) in [5.74, 6) is 0.882. The third-order valence-electron chi connectivity index (χ3n) is 3.26. The number of carboxylic acid groups (broad SMARTS) is 1. The van der Waals surface area contributed by atoms with Gasteiger partial charge in [0.05, 0.1) is 16.2 Å². The van der Waals surface area contributed by atoms with Gasteiger partial charge in [0.1, 0.15) is 0 Å². The van der Waals surface area contributed by atoms with Gasteiger partial charge in [-0.2, -0.15) is 11.8 Å². The fraction of sp³-hybridized carbons (Fsp3) is 0.417. The van der Waals surface area contributed by atoms with Crippen LogP contribution in [0.15, 0.2) is 18.2 Å². The molecule has 0 spiro atoms. The van der Waals surface area contributed by atoms with Gasteiger partial charge in [-0.3, -0.25) is 10.1 Å². The van der Waals surface area contributed by atoms with Gasteiger partial charge in [0.25, 0.3) is 5.69 Å². The van der Waals surface area contributed by atoms with Crippen LogP contribution in [0.4, 0.5) is 11.4 Å². The van der Waals surface area contributed by atoms with E-state index < -0.39 is 10.9 Å². The molecule has 1 aromatic rings. The molecule has 0 saturated carbocycles. The van der Waals surface area contributed by atoms with Crippen LogP contribution in [0.3, 0.4) is 0 Å². The van der Waals surface area contributed by atoms with Gasteiger partial charge in [-0.05, 0) is 18.2 Å². The topological polar surface area (TPSA) is 83.7 Å². The van der Waals surface area contributed by atoms with E-state index >= 15 is 0 Å². The summed E-state index contributed by atoms with van der Waals surface area (Å²) in [5.41, 5.74) is 0.428. The normalized spacial score (nSPS) is 18.3. The van der Waals surface area contributed by atoms with Crippen molar-refractivity contribution < 1.29 is 14.8 Å². The van der Waals surface area contributed by atoms with E-state index in [-0.39, 0.29) is 17.3 Å². The van der Waals surface area contributed by atoms with Crippen LogP contribution in [0.1, 0.15) is 16.8 Å². The van der Waals surface area contributed by atoms with Gasteiger partial charge in [0.2, 0.25) is 0 Å². The molecule has 2 rings (SSSR count). The zero-order chi connectivity index (χ0) is 14.0. The summed E-state index contributed by atoms with van der Waals surface area (Å²) in [6, 6.07) is 4.09. The summed E-state index contributed by atoms with van der Waals surface area (Å²) >= 11 is 1.81. The Morgan fingerprint density at radius 2 is 2.32 bits per heavy atom. The monoisotopic (exact) mass is 282 g/mol. The molecule has 1 atom stereocenters. The predicted octanol–water partition coefficient (Wildman–Crippen LogP) is 2.23. The van der Waals surface area contributed by atoms with Crippen molar-refractivity contribution in [2.75, 3.05) is 23.5 Å². The number of rotatable bonds is 4. The molecular formula is C12H14N2O4S. The SMILES string of the molecule is CN(c1cc([N+](=O)[O-])ccc1C(=O)O)C1CCSC1. The van der Waals surface area contributed by atoms with E-state index in [1.54, 1.807) is 18.8 Å². The highest BCUT2D eigenvalue weighted by atomic mass is 32.2. The maximum atomic E-state index is 11.2. The average Bonchev–Trinajstić information content (AvgIpc) is 2.90. The van der Waals surface area contributed by atoms with Crippen molar-refractivity contribution in [2.24, 2.45) is 0 Å². The van der Waals surface area contributed by atoms with E-state index in [4.69, 9.17) is 0 Å². The molecule has 0 amide bonds. The highest BCUT2D eigenvalue weighted by Crippen LogP contribution is 2.31. The molecule has 0 aromatic heterocycles. The zero-order valence-corrected chi connectivity index (χ0v) is 11.2. The van der Waals surface area contributed by atoms with E-state index in [2.05, 4.69) is 0 Å². The molecule has 1 unspecified atom stereocenters. The minimum absolute atomic E-state index is 0.0856. The standard InChI is InChI=1S/C12H14N2O4S/c1-13(9-4-5-19-7-9)11-6-8(14(17)18)2-3-10(11)12(15)16/h2-3,6,9H,4-5,7H2,1H3,(H,15,16). The van der Waals surface area contributed by atoms with Crippen LogP contribution in [0, 0.1) is 10.1 Å². The molecule has 1 N–H and O–H groups in total. The fourth-order valence-corrected chi connectivity index (χ4v) is 3.40. The lowest BCUT2D eigenvalue weighted by Gasteiger charge is -2.27. The van der Waals surface area contributed by atoms with Crippen molar-refractivity contribution in [2.45, 2.75) is 12.5 Å². The van der Waals surface area contributed by atoms with Gasteiger partial charge in [-0.25, -0.2) is 4.79 Å². The number of aromatic carboxylic acids is 1. The molecule has 1 heterocycles. The first kappa shape index (κ1) is 13.7. The van der Waals surface area contributed by atoms with Crippen molar-refractivity contribution in [3.63, 3.8) is 0 Å². The van der Waals surface area contributed by atoms with E-state index in [0.717, 1.165) is 17.9 Å². The van der Waals surface area contributed by atoms with Crippen LogP contribution in [0.2, 0.25) is 0 Å². The molecule has 0 radical (unpaired) electrons. The molecule has 0 bridgehead atoms. The number of hydrogen-bond donors (Lipinski definition) is 1. The third-order valence-corrected chi connectivity index (χ3v) is 4.40. The third kappa shape index (κ3) is 2.81. The van der Waals surface area contributed by atoms with E-state index in [0.29, 0.717) is 5.69 Å². The number of carboxylic acids is 1. The number of nitro groups is 1. The van der Waals surface area contributed by atoms with Gasteiger partial charge in [-0.1, -0.05) is 0 Å². The summed E-state index contributed by atoms with van der Waals surface area (Å²) in [7, 11) is 1.79. The van der Waals surface area contributed by atoms with Crippen molar-refractivity contribution in [1.82, 2.24) is 0 Å². The average molecular weight is 282 g/mol. The summed E-state index contributed by atoms with van der Waals surface area (Å²) in [6.07, 6.45) is 0.961. The van der Waals surface area contributed by atoms with Crippen molar-refractivity contribution >= 4 is 29.1 Å². The highest BCUT2D eigenvalue weighted by Gasteiger charge is 2.25. The number of non-ortho nitro benzene ring substituents is 1. The molecule has 1 saturated heterocycles. The number of nitrogens with zero attached hydrogens (tertiary/aromatic N) is 2. The maximum absolute atomic E-state index is 11.2. The first-order valence-corrected chi connectivity index (χ1v) is 6.98. The predicted molar refractivity (Wildman–Crippen MR) is 74.2 cm³/mol. The van der Waals surface area contributed by atoms with Crippen LogP contribution in [0.25, 0.3) is 0 Å². The maximum Gasteiger partial charge on any atom is 0.337 e. The summed E-state index contributed by atoms with van der Waals surface area (Å²) in [5, 5.41) is 20.0. The largest absolute Gasteiger partial charge is 0.478 e. The first-order chi connectivity index (χ1) is 9.00. The number of nitro benzene ring substituents is 1. The first-order valence-electron chi connectivity index (χ1n) is 5.83. The number of anilines is 1. The Bertz CT molecular complexity index is 514.